The average molecular weight is 417 g/mol. The predicted molar refractivity (Wildman–Crippen MR) is 89.4 cm³/mol. The number of fused-ring (bicyclic) bond motifs is 1. The van der Waals surface area contributed by atoms with Crippen molar-refractivity contribution in [3.05, 3.63) is 41.9 Å². The molecule has 1 aliphatic rings. The summed E-state index contributed by atoms with van der Waals surface area (Å²) in [4.78, 5) is 7.44. The number of hydrogen-bond donors (Lipinski definition) is 0. The fourth-order valence-electron chi connectivity index (χ4n) is 3.03. The van der Waals surface area contributed by atoms with Gasteiger partial charge in [0.1, 0.15) is 11.6 Å². The highest BCUT2D eigenvalue weighted by atomic mass is 19.4. The molecule has 154 valence electrons. The third-order valence-corrected chi connectivity index (χ3v) is 4.51. The summed E-state index contributed by atoms with van der Waals surface area (Å²) in [7, 11) is 0. The summed E-state index contributed by atoms with van der Waals surface area (Å²) < 4.78 is 77.6. The summed E-state index contributed by atoms with van der Waals surface area (Å²) in [5.74, 6) is -0.482. The van der Waals surface area contributed by atoms with Crippen LogP contribution in [0.15, 0.2) is 30.5 Å². The van der Waals surface area contributed by atoms with E-state index < -0.39 is 23.7 Å². The summed E-state index contributed by atoms with van der Waals surface area (Å²) in [6.45, 7) is 1.66. The van der Waals surface area contributed by atoms with Crippen LogP contribution in [0.5, 0.6) is 0 Å². The highest BCUT2D eigenvalue weighted by Gasteiger charge is 2.38. The minimum atomic E-state index is -4.68. The van der Waals surface area contributed by atoms with Gasteiger partial charge in [-0.1, -0.05) is 0 Å². The minimum Gasteiger partial charge on any atom is -0.353 e. The number of aromatic nitrogens is 5. The molecule has 7 nitrogen and oxygen atoms in total. The third-order valence-electron chi connectivity index (χ3n) is 4.51. The van der Waals surface area contributed by atoms with Gasteiger partial charge in [0.2, 0.25) is 0 Å². The molecule has 4 rings (SSSR count). The van der Waals surface area contributed by atoms with E-state index in [4.69, 9.17) is 0 Å². The molecule has 0 amide bonds. The van der Waals surface area contributed by atoms with Gasteiger partial charge in [-0.3, -0.25) is 0 Å². The molecule has 0 spiro atoms. The SMILES string of the molecule is FC(F)(F)c1ccc(N2CCN(c3ccc4nnc(C(F)(F)F)n4n3)CC2)nc1. The first-order valence-electron chi connectivity index (χ1n) is 8.46. The lowest BCUT2D eigenvalue weighted by Gasteiger charge is -2.36. The molecule has 0 aliphatic carbocycles. The molecule has 0 N–H and O–H groups in total. The van der Waals surface area contributed by atoms with Crippen LogP contribution in [0.1, 0.15) is 11.4 Å². The van der Waals surface area contributed by atoms with Crippen LogP contribution >= 0.6 is 0 Å². The molecule has 0 unspecified atom stereocenters. The molecule has 0 radical (unpaired) electrons. The van der Waals surface area contributed by atoms with Crippen LogP contribution in [0, 0.1) is 0 Å². The second-order valence-corrected chi connectivity index (χ2v) is 6.36. The summed E-state index contributed by atoms with van der Waals surface area (Å²) >= 11 is 0. The van der Waals surface area contributed by atoms with Crippen LogP contribution in [0.4, 0.5) is 38.0 Å². The molecule has 29 heavy (non-hydrogen) atoms. The van der Waals surface area contributed by atoms with Gasteiger partial charge in [0.25, 0.3) is 5.82 Å². The molecule has 0 saturated carbocycles. The Morgan fingerprint density at radius 2 is 1.34 bits per heavy atom. The van der Waals surface area contributed by atoms with Crippen molar-refractivity contribution < 1.29 is 26.3 Å². The Morgan fingerprint density at radius 1 is 0.724 bits per heavy atom. The summed E-state index contributed by atoms with van der Waals surface area (Å²) in [6, 6.07) is 5.22. The van der Waals surface area contributed by atoms with E-state index in [1.165, 1.54) is 12.1 Å². The first-order chi connectivity index (χ1) is 13.6. The zero-order valence-corrected chi connectivity index (χ0v) is 14.6. The molecule has 1 saturated heterocycles. The molecule has 13 heteroatoms. The third kappa shape index (κ3) is 3.76. The van der Waals surface area contributed by atoms with Gasteiger partial charge >= 0.3 is 12.4 Å². The molecule has 3 aromatic rings. The van der Waals surface area contributed by atoms with E-state index in [1.54, 1.807) is 15.9 Å². The fourth-order valence-corrected chi connectivity index (χ4v) is 3.03. The summed E-state index contributed by atoms with van der Waals surface area (Å²) in [5.41, 5.74) is -0.847. The lowest BCUT2D eigenvalue weighted by Crippen LogP contribution is -2.47. The quantitative estimate of drug-likeness (QED) is 0.598. The first-order valence-corrected chi connectivity index (χ1v) is 8.46. The van der Waals surface area contributed by atoms with Crippen molar-refractivity contribution in [2.45, 2.75) is 12.4 Å². The predicted octanol–water partition coefficient (Wildman–Crippen LogP) is 2.88. The van der Waals surface area contributed by atoms with Crippen LogP contribution in [-0.2, 0) is 12.4 Å². The average Bonchev–Trinajstić information content (AvgIpc) is 3.11. The van der Waals surface area contributed by atoms with E-state index in [1.807, 2.05) is 0 Å². The topological polar surface area (TPSA) is 62.5 Å². The van der Waals surface area contributed by atoms with Crippen LogP contribution < -0.4 is 9.80 Å². The molecule has 4 heterocycles. The van der Waals surface area contributed by atoms with Crippen LogP contribution in [0.3, 0.4) is 0 Å². The number of anilines is 2. The van der Waals surface area contributed by atoms with Gasteiger partial charge in [-0.05, 0) is 24.3 Å². The second kappa shape index (κ2) is 6.74. The number of halogens is 6. The summed E-state index contributed by atoms with van der Waals surface area (Å²) in [5, 5.41) is 10.6. The van der Waals surface area contributed by atoms with Gasteiger partial charge in [0.05, 0.1) is 5.56 Å². The fraction of sp³-hybridized carbons (Fsp3) is 0.375. The molecule has 0 aromatic carbocycles. The van der Waals surface area contributed by atoms with Crippen molar-refractivity contribution in [3.63, 3.8) is 0 Å². The van der Waals surface area contributed by atoms with Crippen molar-refractivity contribution in [3.8, 4) is 0 Å². The van der Waals surface area contributed by atoms with E-state index >= 15 is 0 Å². The smallest absolute Gasteiger partial charge is 0.353 e. The molecule has 3 aromatic heterocycles. The maximum atomic E-state index is 13.0. The van der Waals surface area contributed by atoms with Gasteiger partial charge in [-0.2, -0.15) is 30.9 Å². The minimum absolute atomic E-state index is 0.0198. The van der Waals surface area contributed by atoms with Crippen molar-refractivity contribution in [1.82, 2.24) is 24.8 Å². The van der Waals surface area contributed by atoms with E-state index in [9.17, 15) is 26.3 Å². The lowest BCUT2D eigenvalue weighted by atomic mass is 10.2. The Morgan fingerprint density at radius 3 is 1.90 bits per heavy atom. The Bertz CT molecular complexity index is 1000. The van der Waals surface area contributed by atoms with Crippen molar-refractivity contribution >= 4 is 17.3 Å². The summed E-state index contributed by atoms with van der Waals surface area (Å²) in [6.07, 6.45) is -8.36. The lowest BCUT2D eigenvalue weighted by molar-refractivity contribution is -0.146. The van der Waals surface area contributed by atoms with Crippen LogP contribution in [0.2, 0.25) is 0 Å². The normalized spacial score (nSPS) is 15.9. The number of piperazine rings is 1. The van der Waals surface area contributed by atoms with Crippen molar-refractivity contribution in [2.75, 3.05) is 36.0 Å². The maximum Gasteiger partial charge on any atom is 0.453 e. The Kier molecular flexibility index (Phi) is 4.46. The van der Waals surface area contributed by atoms with E-state index in [-0.39, 0.29) is 5.65 Å². The number of hydrogen-bond acceptors (Lipinski definition) is 6. The number of alkyl halides is 6. The monoisotopic (exact) mass is 417 g/mol. The molecule has 0 atom stereocenters. The van der Waals surface area contributed by atoms with Gasteiger partial charge in [-0.25, -0.2) is 4.98 Å². The van der Waals surface area contributed by atoms with E-state index in [2.05, 4.69) is 20.3 Å². The van der Waals surface area contributed by atoms with Crippen LogP contribution in [0.25, 0.3) is 5.65 Å². The van der Waals surface area contributed by atoms with Gasteiger partial charge in [0, 0.05) is 32.4 Å². The molecular weight excluding hydrogens is 404 g/mol. The largest absolute Gasteiger partial charge is 0.453 e. The maximum absolute atomic E-state index is 13.0. The number of rotatable bonds is 2. The van der Waals surface area contributed by atoms with Crippen molar-refractivity contribution in [1.29, 1.82) is 0 Å². The van der Waals surface area contributed by atoms with Gasteiger partial charge < -0.3 is 9.80 Å². The van der Waals surface area contributed by atoms with E-state index in [0.717, 1.165) is 12.3 Å². The Labute approximate surface area is 159 Å². The number of pyridine rings is 1. The zero-order valence-electron chi connectivity index (χ0n) is 14.6. The standard InChI is InChI=1S/C16H13F6N7/c17-15(18,19)10-1-2-11(23-9-10)27-5-7-28(8-6-27)13-4-3-12-24-25-14(16(20,21)22)29(12)26-13/h1-4,9H,5-8H2. The zero-order chi connectivity index (χ0) is 20.8. The second-order valence-electron chi connectivity index (χ2n) is 6.36. The number of nitrogens with zero attached hydrogens (tertiary/aromatic N) is 7. The molecule has 1 fully saturated rings. The first kappa shape index (κ1) is 19.2. The highest BCUT2D eigenvalue weighted by molar-refractivity contribution is 5.48. The van der Waals surface area contributed by atoms with Gasteiger partial charge in [-0.15, -0.1) is 15.3 Å². The van der Waals surface area contributed by atoms with Gasteiger partial charge in [0.15, 0.2) is 5.65 Å². The van der Waals surface area contributed by atoms with Crippen molar-refractivity contribution in [2.24, 2.45) is 0 Å². The highest BCUT2D eigenvalue weighted by Crippen LogP contribution is 2.30. The Hall–Kier alpha value is -3.12. The molecule has 0 bridgehead atoms. The molecular formula is C16H13F6N7. The Balaban J connectivity index is 1.48. The van der Waals surface area contributed by atoms with E-state index in [0.29, 0.717) is 42.3 Å². The van der Waals surface area contributed by atoms with Crippen LogP contribution in [-0.4, -0.2) is 51.0 Å². The molecule has 1 aliphatic heterocycles.